The fourth-order valence-electron chi connectivity index (χ4n) is 3.04. The Morgan fingerprint density at radius 3 is 2.80 bits per heavy atom. The van der Waals surface area contributed by atoms with Gasteiger partial charge in [0, 0.05) is 0 Å². The van der Waals surface area contributed by atoms with Crippen LogP contribution in [0, 0.1) is 11.8 Å². The van der Waals surface area contributed by atoms with Crippen molar-refractivity contribution in [3.63, 3.8) is 0 Å². The molecule has 3 nitrogen and oxygen atoms in total. The molecule has 2 bridgehead atoms. The van der Waals surface area contributed by atoms with E-state index in [1.165, 1.54) is 25.7 Å². The van der Waals surface area contributed by atoms with Crippen LogP contribution in [0.4, 0.5) is 0 Å². The zero-order valence-electron chi connectivity index (χ0n) is 8.90. The van der Waals surface area contributed by atoms with E-state index in [4.69, 9.17) is 4.99 Å². The second-order valence-electron chi connectivity index (χ2n) is 4.93. The van der Waals surface area contributed by atoms with Gasteiger partial charge in [0.2, 0.25) is 5.91 Å². The van der Waals surface area contributed by atoms with Crippen LogP contribution in [0.15, 0.2) is 4.99 Å². The summed E-state index contributed by atoms with van der Waals surface area (Å²) in [5, 5.41) is 3.77. The van der Waals surface area contributed by atoms with Crippen molar-refractivity contribution in [1.29, 1.82) is 0 Å². The summed E-state index contributed by atoms with van der Waals surface area (Å²) in [6.45, 7) is 1.93. The van der Waals surface area contributed by atoms with E-state index in [0.29, 0.717) is 6.04 Å². The third-order valence-electron chi connectivity index (χ3n) is 3.87. The molecule has 2 saturated carbocycles. The molecule has 4 atom stereocenters. The minimum absolute atomic E-state index is 0.0438. The highest BCUT2D eigenvalue weighted by atomic mass is 32.2. The molecule has 1 aliphatic heterocycles. The van der Waals surface area contributed by atoms with Gasteiger partial charge < -0.3 is 5.32 Å². The lowest BCUT2D eigenvalue weighted by molar-refractivity contribution is -0.118. The van der Waals surface area contributed by atoms with Crippen molar-refractivity contribution < 1.29 is 4.79 Å². The zero-order chi connectivity index (χ0) is 10.4. The van der Waals surface area contributed by atoms with Crippen LogP contribution in [-0.2, 0) is 4.79 Å². The molecule has 3 aliphatic rings. The van der Waals surface area contributed by atoms with Crippen molar-refractivity contribution in [2.24, 2.45) is 16.8 Å². The Hall–Kier alpha value is -0.510. The Bertz CT molecular complexity index is 329. The molecule has 3 fully saturated rings. The number of hydrogen-bond donors (Lipinski definition) is 1. The van der Waals surface area contributed by atoms with Crippen molar-refractivity contribution in [2.75, 3.05) is 0 Å². The molecule has 3 rings (SSSR count). The van der Waals surface area contributed by atoms with Gasteiger partial charge in [-0.15, -0.1) is 0 Å². The highest BCUT2D eigenvalue weighted by molar-refractivity contribution is 8.15. The number of aliphatic imine (C=N–C) groups is 1. The van der Waals surface area contributed by atoms with Crippen LogP contribution in [0.3, 0.4) is 0 Å². The van der Waals surface area contributed by atoms with Gasteiger partial charge in [-0.25, -0.2) is 0 Å². The van der Waals surface area contributed by atoms with E-state index in [1.807, 2.05) is 6.92 Å². The number of carbonyl (C=O) groups excluding carboxylic acids is 1. The van der Waals surface area contributed by atoms with Crippen molar-refractivity contribution in [2.45, 2.75) is 43.9 Å². The number of nitrogens with zero attached hydrogens (tertiary/aromatic N) is 1. The number of fused-ring (bicyclic) bond motifs is 2. The smallest absolute Gasteiger partial charge is 0.239 e. The largest absolute Gasteiger partial charge is 0.304 e. The number of hydrogen-bond acceptors (Lipinski definition) is 3. The Morgan fingerprint density at radius 1 is 1.40 bits per heavy atom. The maximum atomic E-state index is 11.3. The fraction of sp³-hybridized carbons (Fsp3) is 0.818. The molecular weight excluding hydrogens is 208 g/mol. The SMILES string of the molecule is CC1SC(=NC2C[C@@H]3CC[C@H]2C3)NC1=O. The lowest BCUT2D eigenvalue weighted by Gasteiger charge is -2.17. The first kappa shape index (κ1) is 9.70. The Balaban J connectivity index is 1.70. The second-order valence-corrected chi connectivity index (χ2v) is 6.26. The van der Waals surface area contributed by atoms with E-state index in [1.54, 1.807) is 11.8 Å². The molecule has 0 aromatic heterocycles. The number of amidine groups is 1. The summed E-state index contributed by atoms with van der Waals surface area (Å²) < 4.78 is 0. The molecule has 0 aromatic carbocycles. The van der Waals surface area contributed by atoms with Crippen LogP contribution in [0.1, 0.15) is 32.6 Å². The van der Waals surface area contributed by atoms with E-state index in [9.17, 15) is 4.79 Å². The fourth-order valence-corrected chi connectivity index (χ4v) is 3.90. The molecule has 1 N–H and O–H groups in total. The molecule has 1 amide bonds. The first-order valence-electron chi connectivity index (χ1n) is 5.77. The van der Waals surface area contributed by atoms with Crippen molar-refractivity contribution in [3.05, 3.63) is 0 Å². The lowest BCUT2D eigenvalue weighted by atomic mass is 9.96. The minimum Gasteiger partial charge on any atom is -0.304 e. The topological polar surface area (TPSA) is 41.5 Å². The summed E-state index contributed by atoms with van der Waals surface area (Å²) in [5.74, 6) is 1.83. The van der Waals surface area contributed by atoms with Gasteiger partial charge in [0.25, 0.3) is 0 Å². The van der Waals surface area contributed by atoms with Crippen molar-refractivity contribution in [1.82, 2.24) is 5.32 Å². The van der Waals surface area contributed by atoms with Gasteiger partial charge in [0.15, 0.2) is 5.17 Å². The van der Waals surface area contributed by atoms with Crippen LogP contribution < -0.4 is 5.32 Å². The van der Waals surface area contributed by atoms with Crippen LogP contribution >= 0.6 is 11.8 Å². The van der Waals surface area contributed by atoms with Crippen LogP contribution in [0.2, 0.25) is 0 Å². The Kier molecular flexibility index (Phi) is 2.27. The van der Waals surface area contributed by atoms with E-state index < -0.39 is 0 Å². The quantitative estimate of drug-likeness (QED) is 0.737. The molecule has 15 heavy (non-hydrogen) atoms. The second kappa shape index (κ2) is 3.51. The highest BCUT2D eigenvalue weighted by Gasteiger charge is 2.40. The van der Waals surface area contributed by atoms with Gasteiger partial charge in [0.1, 0.15) is 0 Å². The summed E-state index contributed by atoms with van der Waals surface area (Å²) in [6.07, 6.45) is 5.37. The number of thioether (sulfide) groups is 1. The molecular formula is C11H16N2OS. The van der Waals surface area contributed by atoms with Gasteiger partial charge in [-0.3, -0.25) is 9.79 Å². The molecule has 1 saturated heterocycles. The summed E-state index contributed by atoms with van der Waals surface area (Å²) >= 11 is 1.58. The first-order chi connectivity index (χ1) is 7.22. The first-order valence-corrected chi connectivity index (χ1v) is 6.65. The normalized spacial score (nSPS) is 46.5. The lowest BCUT2D eigenvalue weighted by Crippen LogP contribution is -2.25. The van der Waals surface area contributed by atoms with Gasteiger partial charge in [-0.1, -0.05) is 18.2 Å². The molecule has 82 valence electrons. The summed E-state index contributed by atoms with van der Waals surface area (Å²) in [6, 6.07) is 0.497. The van der Waals surface area contributed by atoms with Crippen molar-refractivity contribution in [3.8, 4) is 0 Å². The summed E-state index contributed by atoms with van der Waals surface area (Å²) in [4.78, 5) is 16.0. The third kappa shape index (κ3) is 1.69. The minimum atomic E-state index is 0.0438. The molecule has 4 heteroatoms. The molecule has 1 heterocycles. The van der Waals surface area contributed by atoms with Gasteiger partial charge >= 0.3 is 0 Å². The molecule has 0 radical (unpaired) electrons. The molecule has 2 unspecified atom stereocenters. The summed E-state index contributed by atoms with van der Waals surface area (Å²) in [5.41, 5.74) is 0. The number of amides is 1. The maximum Gasteiger partial charge on any atom is 0.239 e. The predicted octanol–water partition coefficient (Wildman–Crippen LogP) is 1.78. The zero-order valence-corrected chi connectivity index (χ0v) is 9.72. The molecule has 2 aliphatic carbocycles. The Labute approximate surface area is 94.1 Å². The van der Waals surface area contributed by atoms with E-state index in [0.717, 1.165) is 17.0 Å². The van der Waals surface area contributed by atoms with Crippen LogP contribution in [0.5, 0.6) is 0 Å². The number of rotatable bonds is 1. The third-order valence-corrected chi connectivity index (χ3v) is 4.87. The standard InChI is InChI=1S/C11H16N2OS/c1-6-10(14)13-11(15-6)12-9-5-7-2-3-8(9)4-7/h6-9H,2-5H2,1H3,(H,12,13,14)/t6?,7-,8+,9?/m1/s1. The molecule has 0 aromatic rings. The van der Waals surface area contributed by atoms with E-state index >= 15 is 0 Å². The Morgan fingerprint density at radius 2 is 2.27 bits per heavy atom. The van der Waals surface area contributed by atoms with Crippen LogP contribution in [0.25, 0.3) is 0 Å². The van der Waals surface area contributed by atoms with Gasteiger partial charge in [0.05, 0.1) is 11.3 Å². The van der Waals surface area contributed by atoms with Crippen LogP contribution in [-0.4, -0.2) is 22.4 Å². The average molecular weight is 224 g/mol. The van der Waals surface area contributed by atoms with Gasteiger partial charge in [-0.2, -0.15) is 0 Å². The number of carbonyl (C=O) groups is 1. The molecule has 0 spiro atoms. The predicted molar refractivity (Wildman–Crippen MR) is 61.9 cm³/mol. The maximum absolute atomic E-state index is 11.3. The average Bonchev–Trinajstić information content (AvgIpc) is 2.84. The number of nitrogens with one attached hydrogen (secondary N) is 1. The monoisotopic (exact) mass is 224 g/mol. The van der Waals surface area contributed by atoms with Gasteiger partial charge in [-0.05, 0) is 38.0 Å². The van der Waals surface area contributed by atoms with E-state index in [-0.39, 0.29) is 11.2 Å². The van der Waals surface area contributed by atoms with E-state index in [2.05, 4.69) is 5.32 Å². The highest BCUT2D eigenvalue weighted by Crippen LogP contribution is 2.46. The summed E-state index contributed by atoms with van der Waals surface area (Å²) in [7, 11) is 0. The van der Waals surface area contributed by atoms with Crippen molar-refractivity contribution >= 4 is 22.8 Å².